The first-order valence-electron chi connectivity index (χ1n) is 8.29. The zero-order valence-corrected chi connectivity index (χ0v) is 12.4. The number of hydrogen-bond acceptors (Lipinski definition) is 2. The molecule has 19 heavy (non-hydrogen) atoms. The lowest BCUT2D eigenvalue weighted by Crippen LogP contribution is -2.21. The minimum atomic E-state index is 0.295. The molecule has 2 aliphatic carbocycles. The molecule has 0 unspecified atom stereocenters. The Bertz CT molecular complexity index is 280. The van der Waals surface area contributed by atoms with Crippen LogP contribution >= 0.6 is 0 Å². The van der Waals surface area contributed by atoms with E-state index in [-0.39, 0.29) is 0 Å². The normalized spacial score (nSPS) is 35.8. The number of rotatable bonds is 5. The van der Waals surface area contributed by atoms with Crippen molar-refractivity contribution in [1.82, 2.24) is 0 Å². The molecule has 2 heteroatoms. The highest BCUT2D eigenvalue weighted by Crippen LogP contribution is 2.31. The Morgan fingerprint density at radius 2 is 1.68 bits per heavy atom. The van der Waals surface area contributed by atoms with Gasteiger partial charge in [0.1, 0.15) is 0 Å². The summed E-state index contributed by atoms with van der Waals surface area (Å²) < 4.78 is 5.98. The third kappa shape index (κ3) is 5.15. The number of hydrogen-bond donors (Lipinski definition) is 0. The van der Waals surface area contributed by atoms with Crippen molar-refractivity contribution >= 4 is 0 Å². The average Bonchev–Trinajstić information content (AvgIpc) is 2.46. The zero-order chi connectivity index (χ0) is 13.5. The Morgan fingerprint density at radius 1 is 1.00 bits per heavy atom. The van der Waals surface area contributed by atoms with E-state index >= 15 is 0 Å². The van der Waals surface area contributed by atoms with Crippen LogP contribution in [0.4, 0.5) is 0 Å². The first-order valence-corrected chi connectivity index (χ1v) is 8.29. The molecule has 0 heterocycles. The van der Waals surface area contributed by atoms with Crippen LogP contribution in [-0.2, 0) is 4.74 Å². The van der Waals surface area contributed by atoms with Gasteiger partial charge in [-0.3, -0.25) is 0 Å². The summed E-state index contributed by atoms with van der Waals surface area (Å²) in [5.74, 6) is 2.22. The summed E-state index contributed by atoms with van der Waals surface area (Å²) in [5.41, 5.74) is 0. The monoisotopic (exact) mass is 263 g/mol. The summed E-state index contributed by atoms with van der Waals surface area (Å²) in [7, 11) is 0. The summed E-state index contributed by atoms with van der Waals surface area (Å²) in [5, 5.41) is 8.86. The molecule has 0 bridgehead atoms. The lowest BCUT2D eigenvalue weighted by atomic mass is 9.81. The Labute approximate surface area is 118 Å². The fourth-order valence-corrected chi connectivity index (χ4v) is 3.60. The lowest BCUT2D eigenvalue weighted by Gasteiger charge is -2.27. The van der Waals surface area contributed by atoms with Crippen LogP contribution in [-0.4, -0.2) is 12.7 Å². The van der Waals surface area contributed by atoms with Crippen LogP contribution < -0.4 is 0 Å². The molecule has 2 nitrogen and oxygen atoms in total. The van der Waals surface area contributed by atoms with Crippen molar-refractivity contribution in [2.24, 2.45) is 17.8 Å². The van der Waals surface area contributed by atoms with E-state index in [0.717, 1.165) is 44.1 Å². The zero-order valence-electron chi connectivity index (χ0n) is 12.4. The summed E-state index contributed by atoms with van der Waals surface area (Å²) >= 11 is 0. The van der Waals surface area contributed by atoms with E-state index in [1.54, 1.807) is 0 Å². The third-order valence-corrected chi connectivity index (χ3v) is 5.10. The number of ether oxygens (including phenoxy) is 1. The first kappa shape index (κ1) is 14.9. The molecule has 0 amide bonds. The molecule has 108 valence electrons. The van der Waals surface area contributed by atoms with Crippen molar-refractivity contribution in [2.75, 3.05) is 6.61 Å². The summed E-state index contributed by atoms with van der Waals surface area (Å²) in [4.78, 5) is 0. The van der Waals surface area contributed by atoms with Crippen molar-refractivity contribution in [3.8, 4) is 6.07 Å². The molecule has 0 radical (unpaired) electrons. The van der Waals surface area contributed by atoms with Crippen LogP contribution in [0.5, 0.6) is 0 Å². The molecule has 2 fully saturated rings. The van der Waals surface area contributed by atoms with E-state index in [1.165, 1.54) is 38.5 Å². The lowest BCUT2D eigenvalue weighted by molar-refractivity contribution is 0.0188. The number of nitrogens with zero attached hydrogens (tertiary/aromatic N) is 1. The van der Waals surface area contributed by atoms with Crippen LogP contribution in [0.3, 0.4) is 0 Å². The molecule has 0 spiro atoms. The molecule has 0 aromatic heterocycles. The largest absolute Gasteiger partial charge is 0.378 e. The van der Waals surface area contributed by atoms with Gasteiger partial charge in [-0.15, -0.1) is 0 Å². The molecule has 0 aromatic rings. The Kier molecular flexibility index (Phi) is 6.17. The molecular formula is C17H29NO. The highest BCUT2D eigenvalue weighted by molar-refractivity contribution is 4.87. The third-order valence-electron chi connectivity index (χ3n) is 5.10. The maximum absolute atomic E-state index is 8.86. The van der Waals surface area contributed by atoms with Gasteiger partial charge in [-0.1, -0.05) is 32.6 Å². The van der Waals surface area contributed by atoms with E-state index in [1.807, 2.05) is 0 Å². The highest BCUT2D eigenvalue weighted by atomic mass is 16.5. The molecule has 0 N–H and O–H groups in total. The molecule has 0 aromatic carbocycles. The van der Waals surface area contributed by atoms with E-state index in [2.05, 4.69) is 13.0 Å². The van der Waals surface area contributed by atoms with Gasteiger partial charge in [0.05, 0.1) is 12.2 Å². The number of nitriles is 1. The highest BCUT2D eigenvalue weighted by Gasteiger charge is 2.21. The van der Waals surface area contributed by atoms with Crippen LogP contribution in [0, 0.1) is 29.1 Å². The molecule has 0 aliphatic heterocycles. The summed E-state index contributed by atoms with van der Waals surface area (Å²) in [6.07, 6.45) is 13.1. The molecule has 0 atom stereocenters. The van der Waals surface area contributed by atoms with Crippen LogP contribution in [0.1, 0.15) is 71.1 Å². The maximum atomic E-state index is 8.86. The average molecular weight is 263 g/mol. The van der Waals surface area contributed by atoms with Crippen molar-refractivity contribution in [1.29, 1.82) is 5.26 Å². The van der Waals surface area contributed by atoms with Gasteiger partial charge in [0.2, 0.25) is 0 Å². The minimum Gasteiger partial charge on any atom is -0.378 e. The Balaban J connectivity index is 1.49. The van der Waals surface area contributed by atoms with Crippen molar-refractivity contribution in [2.45, 2.75) is 77.2 Å². The van der Waals surface area contributed by atoms with Gasteiger partial charge in [-0.05, 0) is 50.4 Å². The minimum absolute atomic E-state index is 0.295. The fraction of sp³-hybridized carbons (Fsp3) is 0.941. The Morgan fingerprint density at radius 3 is 2.32 bits per heavy atom. The second-order valence-corrected chi connectivity index (χ2v) is 6.74. The molecule has 0 saturated heterocycles. The quantitative estimate of drug-likeness (QED) is 0.674. The summed E-state index contributed by atoms with van der Waals surface area (Å²) in [6, 6.07) is 2.38. The molecule has 2 rings (SSSR count). The van der Waals surface area contributed by atoms with Gasteiger partial charge in [0.25, 0.3) is 0 Å². The van der Waals surface area contributed by atoms with Gasteiger partial charge >= 0.3 is 0 Å². The SMILES string of the molecule is C[C@H]1CC[C@H](CCCO[C@H]2CC[C@H](C#N)CC2)CC1. The van der Waals surface area contributed by atoms with Gasteiger partial charge in [0, 0.05) is 12.5 Å². The predicted octanol–water partition coefficient (Wildman–Crippen LogP) is 4.69. The topological polar surface area (TPSA) is 33.0 Å². The standard InChI is InChI=1S/C17H29NO/c1-14-4-6-15(7-5-14)3-2-12-19-17-10-8-16(13-18)9-11-17/h14-17H,2-12H2,1H3/t14-,15-,16-,17-. The fourth-order valence-electron chi connectivity index (χ4n) is 3.60. The van der Waals surface area contributed by atoms with Crippen molar-refractivity contribution in [3.63, 3.8) is 0 Å². The van der Waals surface area contributed by atoms with Crippen molar-refractivity contribution in [3.05, 3.63) is 0 Å². The van der Waals surface area contributed by atoms with E-state index in [0.29, 0.717) is 12.0 Å². The second-order valence-electron chi connectivity index (χ2n) is 6.74. The molecule has 2 saturated carbocycles. The second kappa shape index (κ2) is 7.90. The molecule has 2 aliphatic rings. The van der Waals surface area contributed by atoms with Gasteiger partial charge in [0.15, 0.2) is 0 Å². The van der Waals surface area contributed by atoms with Crippen LogP contribution in [0.15, 0.2) is 0 Å². The van der Waals surface area contributed by atoms with E-state index in [9.17, 15) is 0 Å². The van der Waals surface area contributed by atoms with Gasteiger partial charge in [-0.2, -0.15) is 5.26 Å². The summed E-state index contributed by atoms with van der Waals surface area (Å²) in [6.45, 7) is 3.32. The first-order chi connectivity index (χ1) is 9.28. The van der Waals surface area contributed by atoms with Crippen LogP contribution in [0.25, 0.3) is 0 Å². The van der Waals surface area contributed by atoms with Crippen LogP contribution in [0.2, 0.25) is 0 Å². The predicted molar refractivity (Wildman–Crippen MR) is 77.7 cm³/mol. The van der Waals surface area contributed by atoms with E-state index in [4.69, 9.17) is 10.00 Å². The van der Waals surface area contributed by atoms with Gasteiger partial charge < -0.3 is 4.74 Å². The van der Waals surface area contributed by atoms with E-state index < -0.39 is 0 Å². The van der Waals surface area contributed by atoms with Gasteiger partial charge in [-0.25, -0.2) is 0 Å². The maximum Gasteiger partial charge on any atom is 0.0655 e. The Hall–Kier alpha value is -0.550. The molecular weight excluding hydrogens is 234 g/mol. The smallest absolute Gasteiger partial charge is 0.0655 e. The van der Waals surface area contributed by atoms with Crippen molar-refractivity contribution < 1.29 is 4.74 Å².